The van der Waals surface area contributed by atoms with Crippen molar-refractivity contribution in [2.75, 3.05) is 0 Å². The van der Waals surface area contributed by atoms with Gasteiger partial charge in [0.1, 0.15) is 0 Å². The molecule has 0 saturated carbocycles. The van der Waals surface area contributed by atoms with Gasteiger partial charge in [-0.2, -0.15) is 0 Å². The largest absolute Gasteiger partial charge is 0.366 e. The molecule has 0 spiro atoms. The van der Waals surface area contributed by atoms with Crippen LogP contribution < -0.4 is 5.73 Å². The van der Waals surface area contributed by atoms with Crippen molar-refractivity contribution in [3.8, 4) is 0 Å². The van der Waals surface area contributed by atoms with E-state index in [-0.39, 0.29) is 0 Å². The van der Waals surface area contributed by atoms with Gasteiger partial charge in [0.05, 0.1) is 0 Å². The quantitative estimate of drug-likeness (QED) is 0.486. The number of amides is 1. The Morgan fingerprint density at radius 2 is 2.00 bits per heavy atom. The molecule has 0 bridgehead atoms. The predicted octanol–water partition coefficient (Wildman–Crippen LogP) is 1.72. The third-order valence-corrected chi connectivity index (χ3v) is 1.05. The van der Waals surface area contributed by atoms with E-state index in [0.717, 1.165) is 0 Å². The van der Waals surface area contributed by atoms with Gasteiger partial charge in [0.25, 0.3) is 0 Å². The lowest BCUT2D eigenvalue weighted by molar-refractivity contribution is -0.113. The number of hydrogen-bond acceptors (Lipinski definition) is 1. The minimum Gasteiger partial charge on any atom is -0.366 e. The first kappa shape index (κ1) is 10.4. The van der Waals surface area contributed by atoms with Crippen LogP contribution in [0.25, 0.3) is 0 Å². The van der Waals surface area contributed by atoms with Gasteiger partial charge in [-0.3, -0.25) is 4.79 Å². The molecule has 0 fully saturated rings. The van der Waals surface area contributed by atoms with Crippen LogP contribution in [0.4, 0.5) is 0 Å². The fourth-order valence-electron chi connectivity index (χ4n) is 0.563. The van der Waals surface area contributed by atoms with Crippen LogP contribution in [0.2, 0.25) is 0 Å². The molecule has 0 aliphatic rings. The average Bonchev–Trinajstić information content (AvgIpc) is 2.02. The minimum absolute atomic E-state index is 0.412. The van der Waals surface area contributed by atoms with Gasteiger partial charge in [-0.1, -0.05) is 43.0 Å². The van der Waals surface area contributed by atoms with E-state index < -0.39 is 5.91 Å². The Balaban J connectivity index is 3.55. The van der Waals surface area contributed by atoms with Crippen LogP contribution in [0, 0.1) is 0 Å². The predicted molar refractivity (Wildman–Crippen MR) is 51.4 cm³/mol. The lowest BCUT2D eigenvalue weighted by Crippen LogP contribution is -2.04. The smallest absolute Gasteiger partial charge is 0.241 e. The fourth-order valence-corrected chi connectivity index (χ4v) is 0.563. The number of rotatable bonds is 5. The third-order valence-electron chi connectivity index (χ3n) is 1.05. The zero-order valence-electron chi connectivity index (χ0n) is 6.94. The van der Waals surface area contributed by atoms with Crippen molar-refractivity contribution >= 4 is 5.91 Å². The standard InChI is InChI=1S/C10H13NO/c1-2-3-4-5-6-7-8-9-10(11)12/h2-6,8-9H,1,7H2,(H2,11,12). The summed E-state index contributed by atoms with van der Waals surface area (Å²) in [4.78, 5) is 10.2. The van der Waals surface area contributed by atoms with E-state index in [1.54, 1.807) is 12.2 Å². The fraction of sp³-hybridized carbons (Fsp3) is 0.100. The van der Waals surface area contributed by atoms with E-state index in [1.165, 1.54) is 6.08 Å². The summed E-state index contributed by atoms with van der Waals surface area (Å²) in [5.41, 5.74) is 4.88. The van der Waals surface area contributed by atoms with Gasteiger partial charge < -0.3 is 5.73 Å². The Hall–Kier alpha value is -1.57. The van der Waals surface area contributed by atoms with Crippen LogP contribution in [0.1, 0.15) is 6.42 Å². The average molecular weight is 163 g/mol. The number of nitrogens with two attached hydrogens (primary N) is 1. The van der Waals surface area contributed by atoms with Crippen molar-refractivity contribution in [3.63, 3.8) is 0 Å². The molecule has 0 heterocycles. The second-order valence-corrected chi connectivity index (χ2v) is 2.09. The van der Waals surface area contributed by atoms with Crippen LogP contribution in [-0.2, 0) is 4.79 Å². The number of carbonyl (C=O) groups is 1. The number of primary amides is 1. The third kappa shape index (κ3) is 8.43. The molecule has 0 aliphatic heterocycles. The highest BCUT2D eigenvalue weighted by Gasteiger charge is 1.78. The summed E-state index contributed by atoms with van der Waals surface area (Å²) in [6, 6.07) is 0. The van der Waals surface area contributed by atoms with Crippen LogP contribution in [0.3, 0.4) is 0 Å². The van der Waals surface area contributed by atoms with Crippen molar-refractivity contribution in [1.82, 2.24) is 0 Å². The van der Waals surface area contributed by atoms with Gasteiger partial charge in [0.2, 0.25) is 5.91 Å². The zero-order valence-corrected chi connectivity index (χ0v) is 6.94. The number of carbonyl (C=O) groups excluding carboxylic acids is 1. The molecule has 0 radical (unpaired) electrons. The van der Waals surface area contributed by atoms with Crippen LogP contribution in [0.5, 0.6) is 0 Å². The van der Waals surface area contributed by atoms with Gasteiger partial charge in [-0.15, -0.1) is 0 Å². The monoisotopic (exact) mass is 163 g/mol. The summed E-state index contributed by atoms with van der Waals surface area (Å²) in [7, 11) is 0. The molecule has 2 N–H and O–H groups in total. The van der Waals surface area contributed by atoms with Gasteiger partial charge in [-0.05, 0) is 12.5 Å². The molecular weight excluding hydrogens is 150 g/mol. The molecule has 0 aromatic carbocycles. The van der Waals surface area contributed by atoms with Gasteiger partial charge >= 0.3 is 0 Å². The Kier molecular flexibility index (Phi) is 6.55. The molecule has 2 nitrogen and oxygen atoms in total. The highest BCUT2D eigenvalue weighted by molar-refractivity contribution is 5.85. The molecule has 0 unspecified atom stereocenters. The highest BCUT2D eigenvalue weighted by Crippen LogP contribution is 1.86. The maximum atomic E-state index is 10.2. The number of hydrogen-bond donors (Lipinski definition) is 1. The van der Waals surface area contributed by atoms with Crippen molar-refractivity contribution < 1.29 is 4.79 Å². The lowest BCUT2D eigenvalue weighted by Gasteiger charge is -1.79. The summed E-state index contributed by atoms with van der Waals surface area (Å²) >= 11 is 0. The summed E-state index contributed by atoms with van der Waals surface area (Å²) < 4.78 is 0. The topological polar surface area (TPSA) is 43.1 Å². The minimum atomic E-state index is -0.412. The molecule has 0 saturated heterocycles. The second kappa shape index (κ2) is 7.54. The Morgan fingerprint density at radius 3 is 2.58 bits per heavy atom. The molecule has 2 heteroatoms. The lowest BCUT2D eigenvalue weighted by atomic mass is 10.3. The van der Waals surface area contributed by atoms with Crippen LogP contribution >= 0.6 is 0 Å². The van der Waals surface area contributed by atoms with E-state index in [9.17, 15) is 4.79 Å². The maximum absolute atomic E-state index is 10.2. The second-order valence-electron chi connectivity index (χ2n) is 2.09. The van der Waals surface area contributed by atoms with Gasteiger partial charge in [0, 0.05) is 0 Å². The highest BCUT2D eigenvalue weighted by atomic mass is 16.1. The summed E-state index contributed by atoms with van der Waals surface area (Å²) in [6.45, 7) is 3.52. The number of allylic oxidation sites excluding steroid dienone is 6. The maximum Gasteiger partial charge on any atom is 0.241 e. The van der Waals surface area contributed by atoms with E-state index in [4.69, 9.17) is 5.73 Å². The van der Waals surface area contributed by atoms with Gasteiger partial charge in [0.15, 0.2) is 0 Å². The van der Waals surface area contributed by atoms with Crippen LogP contribution in [-0.4, -0.2) is 5.91 Å². The van der Waals surface area contributed by atoms with Crippen LogP contribution in [0.15, 0.2) is 49.1 Å². The molecule has 0 aromatic rings. The molecule has 12 heavy (non-hydrogen) atoms. The SMILES string of the molecule is C=CC=CC=CCC=CC(N)=O. The summed E-state index contributed by atoms with van der Waals surface area (Å²) in [5.74, 6) is -0.412. The molecule has 0 aromatic heterocycles. The Labute approximate surface area is 72.8 Å². The van der Waals surface area contributed by atoms with Crippen molar-refractivity contribution in [2.45, 2.75) is 6.42 Å². The van der Waals surface area contributed by atoms with E-state index in [1.807, 2.05) is 24.3 Å². The van der Waals surface area contributed by atoms with Crippen molar-refractivity contribution in [2.24, 2.45) is 5.73 Å². The van der Waals surface area contributed by atoms with E-state index in [0.29, 0.717) is 6.42 Å². The normalized spacial score (nSPS) is 11.7. The molecule has 1 amide bonds. The zero-order chi connectivity index (χ0) is 9.23. The molecule has 64 valence electrons. The van der Waals surface area contributed by atoms with E-state index >= 15 is 0 Å². The Bertz CT molecular complexity index is 224. The van der Waals surface area contributed by atoms with Crippen molar-refractivity contribution in [1.29, 1.82) is 0 Å². The molecular formula is C10H13NO. The molecule has 0 atom stereocenters. The van der Waals surface area contributed by atoms with Crippen molar-refractivity contribution in [3.05, 3.63) is 49.1 Å². The molecule has 0 aliphatic carbocycles. The first-order chi connectivity index (χ1) is 5.77. The summed E-state index contributed by atoms with van der Waals surface area (Å²) in [5, 5.41) is 0. The Morgan fingerprint density at radius 1 is 1.25 bits per heavy atom. The van der Waals surface area contributed by atoms with E-state index in [2.05, 4.69) is 6.58 Å². The first-order valence-electron chi connectivity index (χ1n) is 3.67. The molecule has 0 rings (SSSR count). The summed E-state index contributed by atoms with van der Waals surface area (Å²) in [6.07, 6.45) is 13.0. The van der Waals surface area contributed by atoms with Gasteiger partial charge in [-0.25, -0.2) is 0 Å². The first-order valence-corrected chi connectivity index (χ1v) is 3.67.